The molecule has 0 spiro atoms. The molecule has 19 heavy (non-hydrogen) atoms. The summed E-state index contributed by atoms with van der Waals surface area (Å²) in [5, 5.41) is 0. The molecule has 106 valence electrons. The Morgan fingerprint density at radius 3 is 2.89 bits per heavy atom. The number of nitrogens with zero attached hydrogens (tertiary/aromatic N) is 3. The predicted octanol–water partition coefficient (Wildman–Crippen LogP) is 1.33. The summed E-state index contributed by atoms with van der Waals surface area (Å²) in [6, 6.07) is 1.90. The first-order valence-electron chi connectivity index (χ1n) is 6.77. The lowest BCUT2D eigenvalue weighted by molar-refractivity contribution is 0.0639. The topological polar surface area (TPSA) is 76.3 Å². The summed E-state index contributed by atoms with van der Waals surface area (Å²) in [6.07, 6.45) is 1.87. The zero-order chi connectivity index (χ0) is 13.9. The number of aryl methyl sites for hydroxylation is 1. The molecule has 6 heteroatoms. The van der Waals surface area contributed by atoms with Crippen LogP contribution >= 0.6 is 0 Å². The maximum absolute atomic E-state index is 5.55. The molecular weight excluding hydrogens is 242 g/mol. The van der Waals surface area contributed by atoms with Crippen molar-refractivity contribution in [3.63, 3.8) is 0 Å². The van der Waals surface area contributed by atoms with E-state index in [1.807, 2.05) is 6.07 Å². The molecule has 0 unspecified atom stereocenters. The van der Waals surface area contributed by atoms with Crippen LogP contribution in [0.5, 0.6) is 0 Å². The zero-order valence-corrected chi connectivity index (χ0v) is 11.9. The molecule has 1 aromatic rings. The number of anilines is 2. The highest BCUT2D eigenvalue weighted by Gasteiger charge is 2.31. The van der Waals surface area contributed by atoms with Crippen molar-refractivity contribution in [2.75, 3.05) is 30.1 Å². The Morgan fingerprint density at radius 1 is 1.47 bits per heavy atom. The van der Waals surface area contributed by atoms with Gasteiger partial charge in [-0.3, -0.25) is 0 Å². The van der Waals surface area contributed by atoms with E-state index < -0.39 is 0 Å². The Balaban J connectivity index is 2.34. The smallest absolute Gasteiger partial charge is 0.145 e. The number of hydrogen-bond acceptors (Lipinski definition) is 6. The van der Waals surface area contributed by atoms with Crippen LogP contribution in [0, 0.1) is 0 Å². The van der Waals surface area contributed by atoms with Crippen LogP contribution in [0.25, 0.3) is 0 Å². The molecule has 0 radical (unpaired) electrons. The van der Waals surface area contributed by atoms with E-state index in [4.69, 9.17) is 10.6 Å². The fraction of sp³-hybridized carbons (Fsp3) is 0.692. The van der Waals surface area contributed by atoms with Gasteiger partial charge in [-0.15, -0.1) is 0 Å². The summed E-state index contributed by atoms with van der Waals surface area (Å²) >= 11 is 0. The van der Waals surface area contributed by atoms with Crippen molar-refractivity contribution in [3.8, 4) is 0 Å². The van der Waals surface area contributed by atoms with Crippen LogP contribution in [0.1, 0.15) is 33.0 Å². The van der Waals surface area contributed by atoms with E-state index in [0.29, 0.717) is 12.4 Å². The van der Waals surface area contributed by atoms with Gasteiger partial charge in [0.25, 0.3) is 0 Å². The fourth-order valence-electron chi connectivity index (χ4n) is 2.31. The first kappa shape index (κ1) is 14.0. The van der Waals surface area contributed by atoms with Crippen molar-refractivity contribution < 1.29 is 4.74 Å². The molecule has 0 bridgehead atoms. The van der Waals surface area contributed by atoms with Gasteiger partial charge in [-0.05, 0) is 20.3 Å². The van der Waals surface area contributed by atoms with Crippen LogP contribution < -0.4 is 16.2 Å². The monoisotopic (exact) mass is 265 g/mol. The summed E-state index contributed by atoms with van der Waals surface area (Å²) in [4.78, 5) is 11.3. The van der Waals surface area contributed by atoms with Crippen LogP contribution in [0.15, 0.2) is 6.07 Å². The van der Waals surface area contributed by atoms with Crippen molar-refractivity contribution in [1.29, 1.82) is 0 Å². The number of morpholine rings is 1. The number of nitrogen functional groups attached to an aromatic ring is 1. The van der Waals surface area contributed by atoms with Gasteiger partial charge in [0, 0.05) is 19.0 Å². The van der Waals surface area contributed by atoms with Crippen LogP contribution in [-0.4, -0.2) is 35.3 Å². The van der Waals surface area contributed by atoms with Gasteiger partial charge >= 0.3 is 0 Å². The molecule has 2 rings (SSSR count). The molecule has 3 N–H and O–H groups in total. The quantitative estimate of drug-likeness (QED) is 0.632. The SMILES string of the molecule is CCCc1nc(NN)cc(N2CCOCC2(C)C)n1. The lowest BCUT2D eigenvalue weighted by Crippen LogP contribution is -2.53. The second-order valence-electron chi connectivity index (χ2n) is 5.44. The van der Waals surface area contributed by atoms with Gasteiger partial charge in [0.15, 0.2) is 0 Å². The van der Waals surface area contributed by atoms with E-state index in [9.17, 15) is 0 Å². The van der Waals surface area contributed by atoms with Gasteiger partial charge in [-0.2, -0.15) is 0 Å². The van der Waals surface area contributed by atoms with Crippen molar-refractivity contribution in [1.82, 2.24) is 9.97 Å². The molecule has 1 aliphatic rings. The van der Waals surface area contributed by atoms with E-state index in [1.165, 1.54) is 0 Å². The molecule has 6 nitrogen and oxygen atoms in total. The molecule has 1 aliphatic heterocycles. The minimum atomic E-state index is -0.0675. The first-order chi connectivity index (χ1) is 9.06. The Kier molecular flexibility index (Phi) is 4.21. The summed E-state index contributed by atoms with van der Waals surface area (Å²) in [5.74, 6) is 7.91. The largest absolute Gasteiger partial charge is 0.377 e. The van der Waals surface area contributed by atoms with E-state index in [2.05, 4.69) is 41.1 Å². The van der Waals surface area contributed by atoms with Gasteiger partial charge in [-0.25, -0.2) is 15.8 Å². The summed E-state index contributed by atoms with van der Waals surface area (Å²) in [7, 11) is 0. The molecule has 2 heterocycles. The Morgan fingerprint density at radius 2 is 2.26 bits per heavy atom. The number of rotatable bonds is 4. The lowest BCUT2D eigenvalue weighted by atomic mass is 10.0. The average molecular weight is 265 g/mol. The number of aromatic nitrogens is 2. The van der Waals surface area contributed by atoms with E-state index in [-0.39, 0.29) is 5.54 Å². The van der Waals surface area contributed by atoms with Crippen LogP contribution in [0.3, 0.4) is 0 Å². The molecule has 0 saturated carbocycles. The van der Waals surface area contributed by atoms with Gasteiger partial charge in [0.05, 0.1) is 18.8 Å². The van der Waals surface area contributed by atoms with Gasteiger partial charge in [-0.1, -0.05) is 6.92 Å². The van der Waals surface area contributed by atoms with Gasteiger partial charge < -0.3 is 15.1 Å². The third kappa shape index (κ3) is 3.13. The molecule has 1 aromatic heterocycles. The normalized spacial score (nSPS) is 18.4. The van der Waals surface area contributed by atoms with Crippen molar-refractivity contribution in [2.24, 2.45) is 5.84 Å². The molecule has 1 fully saturated rings. The first-order valence-corrected chi connectivity index (χ1v) is 6.77. The van der Waals surface area contributed by atoms with E-state index in [0.717, 1.165) is 37.6 Å². The Labute approximate surface area is 114 Å². The second kappa shape index (κ2) is 5.71. The number of nitrogens with one attached hydrogen (secondary N) is 1. The standard InChI is InChI=1S/C13H23N5O/c1-4-5-10-15-11(17-14)8-12(16-10)18-6-7-19-9-13(18,2)3/h8H,4-7,9,14H2,1-3H3,(H,15,16,17). The van der Waals surface area contributed by atoms with Crippen LogP contribution in [0.2, 0.25) is 0 Å². The molecule has 0 aromatic carbocycles. The Bertz CT molecular complexity index is 435. The zero-order valence-electron chi connectivity index (χ0n) is 11.9. The van der Waals surface area contributed by atoms with Crippen LogP contribution in [0.4, 0.5) is 11.6 Å². The maximum Gasteiger partial charge on any atom is 0.145 e. The third-order valence-corrected chi connectivity index (χ3v) is 3.30. The summed E-state index contributed by atoms with van der Waals surface area (Å²) in [5.41, 5.74) is 2.56. The Hall–Kier alpha value is -1.40. The van der Waals surface area contributed by atoms with Gasteiger partial charge in [0.1, 0.15) is 17.5 Å². The minimum Gasteiger partial charge on any atom is -0.377 e. The molecule has 0 atom stereocenters. The molecule has 0 aliphatic carbocycles. The number of nitrogens with two attached hydrogens (primary N) is 1. The number of ether oxygens (including phenoxy) is 1. The highest BCUT2D eigenvalue weighted by Crippen LogP contribution is 2.26. The predicted molar refractivity (Wildman–Crippen MR) is 76.1 cm³/mol. The fourth-order valence-corrected chi connectivity index (χ4v) is 2.31. The number of hydrazine groups is 1. The van der Waals surface area contributed by atoms with Crippen LogP contribution in [-0.2, 0) is 11.2 Å². The second-order valence-corrected chi connectivity index (χ2v) is 5.44. The van der Waals surface area contributed by atoms with E-state index in [1.54, 1.807) is 0 Å². The third-order valence-electron chi connectivity index (χ3n) is 3.30. The highest BCUT2D eigenvalue weighted by atomic mass is 16.5. The average Bonchev–Trinajstić information content (AvgIpc) is 2.38. The lowest BCUT2D eigenvalue weighted by Gasteiger charge is -2.43. The van der Waals surface area contributed by atoms with Crippen molar-refractivity contribution in [3.05, 3.63) is 11.9 Å². The van der Waals surface area contributed by atoms with Crippen molar-refractivity contribution in [2.45, 2.75) is 39.2 Å². The minimum absolute atomic E-state index is 0.0675. The van der Waals surface area contributed by atoms with Crippen molar-refractivity contribution >= 4 is 11.6 Å². The summed E-state index contributed by atoms with van der Waals surface area (Å²) in [6.45, 7) is 8.68. The molecule has 1 saturated heterocycles. The number of hydrogen-bond donors (Lipinski definition) is 2. The molecule has 0 amide bonds. The maximum atomic E-state index is 5.55. The van der Waals surface area contributed by atoms with E-state index >= 15 is 0 Å². The summed E-state index contributed by atoms with van der Waals surface area (Å²) < 4.78 is 5.55. The highest BCUT2D eigenvalue weighted by molar-refractivity contribution is 5.51. The molecular formula is C13H23N5O. The van der Waals surface area contributed by atoms with Gasteiger partial charge in [0.2, 0.25) is 0 Å².